The van der Waals surface area contributed by atoms with Gasteiger partial charge in [0.05, 0.1) is 24.3 Å². The summed E-state index contributed by atoms with van der Waals surface area (Å²) >= 11 is 0. The van der Waals surface area contributed by atoms with E-state index >= 15 is 0 Å². The molecule has 0 amide bonds. The fraction of sp³-hybridized carbons (Fsp3) is 0.286. The van der Waals surface area contributed by atoms with Gasteiger partial charge in [0.25, 0.3) is 0 Å². The molecule has 5 rings (SSSR count). The van der Waals surface area contributed by atoms with E-state index in [1.54, 1.807) is 10.6 Å². The Labute approximate surface area is 161 Å². The Balaban J connectivity index is 1.29. The van der Waals surface area contributed by atoms with Crippen LogP contribution in [0.25, 0.3) is 11.1 Å². The number of oxazole rings is 1. The number of nitrogens with zero attached hydrogens (tertiary/aromatic N) is 5. The van der Waals surface area contributed by atoms with E-state index in [0.29, 0.717) is 18.2 Å². The smallest absolute Gasteiger partial charge is 0.408 e. The molecule has 7 nitrogen and oxygen atoms in total. The van der Waals surface area contributed by atoms with Crippen LogP contribution in [0.5, 0.6) is 0 Å². The Kier molecular flexibility index (Phi) is 4.29. The third-order valence-corrected chi connectivity index (χ3v) is 5.32. The molecule has 1 aliphatic rings. The van der Waals surface area contributed by atoms with E-state index in [9.17, 15) is 4.79 Å². The largest absolute Gasteiger partial charge is 0.420 e. The Bertz CT molecular complexity index is 1140. The third-order valence-electron chi connectivity index (χ3n) is 5.32. The van der Waals surface area contributed by atoms with Crippen LogP contribution >= 0.6 is 0 Å². The second-order valence-electron chi connectivity index (χ2n) is 7.27. The van der Waals surface area contributed by atoms with Crippen LogP contribution in [-0.4, -0.2) is 37.6 Å². The lowest BCUT2D eigenvalue weighted by molar-refractivity contribution is 0.310. The molecule has 3 heterocycles. The molecule has 1 atom stereocenters. The molecule has 1 unspecified atom stereocenters. The molecule has 0 N–H and O–H groups in total. The molecule has 1 fully saturated rings. The third kappa shape index (κ3) is 3.25. The average molecular weight is 375 g/mol. The van der Waals surface area contributed by atoms with E-state index in [-0.39, 0.29) is 5.76 Å². The maximum Gasteiger partial charge on any atom is 0.420 e. The van der Waals surface area contributed by atoms with Crippen molar-refractivity contribution in [2.24, 2.45) is 0 Å². The number of benzene rings is 2. The van der Waals surface area contributed by atoms with Crippen molar-refractivity contribution in [2.75, 3.05) is 13.1 Å². The second-order valence-corrected chi connectivity index (χ2v) is 7.27. The van der Waals surface area contributed by atoms with E-state index < -0.39 is 0 Å². The highest BCUT2D eigenvalue weighted by Crippen LogP contribution is 2.23. The number of rotatable bonds is 5. The van der Waals surface area contributed by atoms with Crippen LogP contribution in [-0.2, 0) is 13.1 Å². The van der Waals surface area contributed by atoms with Gasteiger partial charge >= 0.3 is 5.76 Å². The van der Waals surface area contributed by atoms with Crippen molar-refractivity contribution in [3.63, 3.8) is 0 Å². The monoisotopic (exact) mass is 375 g/mol. The first-order valence-electron chi connectivity index (χ1n) is 9.51. The van der Waals surface area contributed by atoms with Crippen LogP contribution in [0.2, 0.25) is 0 Å². The van der Waals surface area contributed by atoms with Crippen molar-refractivity contribution in [3.05, 3.63) is 82.6 Å². The summed E-state index contributed by atoms with van der Waals surface area (Å²) in [5.74, 6) is -0.370. The van der Waals surface area contributed by atoms with Crippen molar-refractivity contribution in [1.82, 2.24) is 24.5 Å². The van der Waals surface area contributed by atoms with Gasteiger partial charge < -0.3 is 4.42 Å². The summed E-state index contributed by atoms with van der Waals surface area (Å²) in [6.45, 7) is 3.30. The van der Waals surface area contributed by atoms with Crippen LogP contribution in [0.3, 0.4) is 0 Å². The fourth-order valence-corrected chi connectivity index (χ4v) is 3.90. The summed E-state index contributed by atoms with van der Waals surface area (Å²) in [6.07, 6.45) is 3.00. The van der Waals surface area contributed by atoms with E-state index in [0.717, 1.165) is 37.3 Å². The van der Waals surface area contributed by atoms with Gasteiger partial charge in [-0.3, -0.25) is 9.47 Å². The molecule has 0 radical (unpaired) electrons. The first-order chi connectivity index (χ1) is 13.8. The first-order valence-corrected chi connectivity index (χ1v) is 9.51. The second kappa shape index (κ2) is 7.09. The lowest BCUT2D eigenvalue weighted by Gasteiger charge is -2.15. The molecule has 0 saturated carbocycles. The van der Waals surface area contributed by atoms with Gasteiger partial charge in [-0.25, -0.2) is 9.48 Å². The van der Waals surface area contributed by atoms with Crippen LogP contribution < -0.4 is 5.76 Å². The van der Waals surface area contributed by atoms with E-state index in [1.165, 1.54) is 5.56 Å². The summed E-state index contributed by atoms with van der Waals surface area (Å²) in [5.41, 5.74) is 3.45. The summed E-state index contributed by atoms with van der Waals surface area (Å²) in [5, 5.41) is 8.61. The van der Waals surface area contributed by atoms with Crippen molar-refractivity contribution in [1.29, 1.82) is 0 Å². The standard InChI is InChI=1S/C21H21N5O2/c27-21-25(19-8-4-5-9-20(19)28-21)13-17-14-26(23-22-17)18-10-11-24(15-18)12-16-6-2-1-3-7-16/h1-9,14,18H,10-13,15H2. The fourth-order valence-electron chi connectivity index (χ4n) is 3.90. The summed E-state index contributed by atoms with van der Waals surface area (Å²) in [7, 11) is 0. The molecule has 1 saturated heterocycles. The van der Waals surface area contributed by atoms with Gasteiger partial charge in [-0.05, 0) is 24.1 Å². The molecule has 1 aliphatic heterocycles. The Morgan fingerprint density at radius 2 is 1.86 bits per heavy atom. The number of aromatic nitrogens is 4. The number of hydrogen-bond donors (Lipinski definition) is 0. The molecule has 2 aromatic heterocycles. The zero-order valence-corrected chi connectivity index (χ0v) is 15.4. The first kappa shape index (κ1) is 16.9. The molecule has 0 spiro atoms. The van der Waals surface area contributed by atoms with E-state index in [1.807, 2.05) is 35.1 Å². The van der Waals surface area contributed by atoms with Gasteiger partial charge in [-0.2, -0.15) is 0 Å². The van der Waals surface area contributed by atoms with Gasteiger partial charge in [0.15, 0.2) is 5.58 Å². The minimum Gasteiger partial charge on any atom is -0.408 e. The number of likely N-dealkylation sites (tertiary alicyclic amines) is 1. The zero-order valence-electron chi connectivity index (χ0n) is 15.4. The minimum absolute atomic E-state index is 0.308. The molecule has 0 aliphatic carbocycles. The molecule has 0 bridgehead atoms. The van der Waals surface area contributed by atoms with Gasteiger partial charge in [0.1, 0.15) is 5.69 Å². The highest BCUT2D eigenvalue weighted by atomic mass is 16.4. The van der Waals surface area contributed by atoms with Crippen molar-refractivity contribution >= 4 is 11.1 Å². The van der Waals surface area contributed by atoms with Crippen molar-refractivity contribution < 1.29 is 4.42 Å². The lowest BCUT2D eigenvalue weighted by atomic mass is 10.2. The van der Waals surface area contributed by atoms with Crippen LogP contribution in [0.15, 0.2) is 70.0 Å². The Morgan fingerprint density at radius 1 is 1.04 bits per heavy atom. The molecular weight excluding hydrogens is 354 g/mol. The molecular formula is C21H21N5O2. The maximum absolute atomic E-state index is 12.2. The Hall–Kier alpha value is -3.19. The molecule has 28 heavy (non-hydrogen) atoms. The number of para-hydroxylation sites is 2. The van der Waals surface area contributed by atoms with Crippen LogP contribution in [0, 0.1) is 0 Å². The molecule has 4 aromatic rings. The average Bonchev–Trinajstić information content (AvgIpc) is 3.43. The van der Waals surface area contributed by atoms with E-state index in [4.69, 9.17) is 4.42 Å². The highest BCUT2D eigenvalue weighted by Gasteiger charge is 2.25. The van der Waals surface area contributed by atoms with Gasteiger partial charge in [-0.15, -0.1) is 5.10 Å². The van der Waals surface area contributed by atoms with Crippen molar-refractivity contribution in [3.8, 4) is 0 Å². The predicted octanol–water partition coefficient (Wildman–Crippen LogP) is 2.68. The Morgan fingerprint density at radius 3 is 2.75 bits per heavy atom. The highest BCUT2D eigenvalue weighted by molar-refractivity contribution is 5.72. The maximum atomic E-state index is 12.2. The lowest BCUT2D eigenvalue weighted by Crippen LogP contribution is -2.21. The summed E-state index contributed by atoms with van der Waals surface area (Å²) in [4.78, 5) is 14.6. The summed E-state index contributed by atoms with van der Waals surface area (Å²) < 4.78 is 8.83. The number of hydrogen-bond acceptors (Lipinski definition) is 5. The van der Waals surface area contributed by atoms with Crippen molar-refractivity contribution in [2.45, 2.75) is 25.6 Å². The normalized spacial score (nSPS) is 17.5. The van der Waals surface area contributed by atoms with Gasteiger partial charge in [0, 0.05) is 19.6 Å². The SMILES string of the molecule is O=c1oc2ccccc2n1Cc1cn(C2CCN(Cc3ccccc3)C2)nn1. The van der Waals surface area contributed by atoms with Gasteiger partial charge in [0.2, 0.25) is 0 Å². The van der Waals surface area contributed by atoms with Gasteiger partial charge in [-0.1, -0.05) is 47.7 Å². The van der Waals surface area contributed by atoms with Crippen LogP contribution in [0.1, 0.15) is 23.7 Å². The van der Waals surface area contributed by atoms with E-state index in [2.05, 4.69) is 39.5 Å². The molecule has 7 heteroatoms. The topological polar surface area (TPSA) is 69.1 Å². The zero-order chi connectivity index (χ0) is 18.9. The molecule has 2 aromatic carbocycles. The number of fused-ring (bicyclic) bond motifs is 1. The summed E-state index contributed by atoms with van der Waals surface area (Å²) in [6, 6.07) is 18.2. The minimum atomic E-state index is -0.370. The molecule has 142 valence electrons. The predicted molar refractivity (Wildman–Crippen MR) is 105 cm³/mol. The van der Waals surface area contributed by atoms with Crippen LogP contribution in [0.4, 0.5) is 0 Å². The quantitative estimate of drug-likeness (QED) is 0.536.